The van der Waals surface area contributed by atoms with Gasteiger partial charge in [0.25, 0.3) is 0 Å². The monoisotopic (exact) mass is 206 g/mol. The molecule has 78 valence electrons. The maximum atomic E-state index is 10.7. The lowest BCUT2D eigenvalue weighted by atomic mass is 9.84. The van der Waals surface area contributed by atoms with Crippen LogP contribution in [-0.2, 0) is 15.8 Å². The molecule has 4 heteroatoms. The lowest BCUT2D eigenvalue weighted by Gasteiger charge is -2.35. The van der Waals surface area contributed by atoms with Gasteiger partial charge in [0.1, 0.15) is 0 Å². The van der Waals surface area contributed by atoms with Crippen molar-refractivity contribution in [3.63, 3.8) is 0 Å². The molecular weight excluding hydrogens is 188 g/mol. The molecule has 0 spiro atoms. The minimum atomic E-state index is -1.72. The Labute approximate surface area is 82.1 Å². The van der Waals surface area contributed by atoms with Crippen LogP contribution < -0.4 is 0 Å². The highest BCUT2D eigenvalue weighted by atomic mass is 32.2. The maximum absolute atomic E-state index is 10.7. The third kappa shape index (κ3) is 3.37. The quantitative estimate of drug-likeness (QED) is 0.716. The van der Waals surface area contributed by atoms with E-state index in [4.69, 9.17) is 9.29 Å². The van der Waals surface area contributed by atoms with Crippen molar-refractivity contribution in [1.82, 2.24) is 0 Å². The van der Waals surface area contributed by atoms with Gasteiger partial charge in [-0.2, -0.15) is 0 Å². The normalized spacial score (nSPS) is 27.2. The summed E-state index contributed by atoms with van der Waals surface area (Å²) in [6, 6.07) is 0. The second-order valence-electron chi connectivity index (χ2n) is 4.31. The van der Waals surface area contributed by atoms with Crippen LogP contribution in [0.2, 0.25) is 0 Å². The molecule has 0 amide bonds. The molecule has 0 aromatic rings. The lowest BCUT2D eigenvalue weighted by Crippen LogP contribution is -2.38. The van der Waals surface area contributed by atoms with Gasteiger partial charge in [-0.1, -0.05) is 13.8 Å². The van der Waals surface area contributed by atoms with Gasteiger partial charge in [-0.15, -0.1) is 0 Å². The predicted molar refractivity (Wildman–Crippen MR) is 53.0 cm³/mol. The average Bonchev–Trinajstić information content (AvgIpc) is 2.04. The van der Waals surface area contributed by atoms with Crippen LogP contribution in [0, 0.1) is 5.41 Å². The van der Waals surface area contributed by atoms with Gasteiger partial charge >= 0.3 is 0 Å². The van der Waals surface area contributed by atoms with Gasteiger partial charge in [-0.25, -0.2) is 4.21 Å². The zero-order valence-corrected chi connectivity index (χ0v) is 9.10. The van der Waals surface area contributed by atoms with Gasteiger partial charge in [-0.05, 0) is 19.3 Å². The van der Waals surface area contributed by atoms with E-state index in [-0.39, 0.29) is 11.5 Å². The minimum absolute atomic E-state index is 0.150. The second kappa shape index (κ2) is 4.53. The summed E-state index contributed by atoms with van der Waals surface area (Å²) < 4.78 is 25.1. The van der Waals surface area contributed by atoms with E-state index in [0.29, 0.717) is 5.75 Å². The molecule has 1 rings (SSSR count). The molecule has 0 saturated carbocycles. The summed E-state index contributed by atoms with van der Waals surface area (Å²) in [5, 5.41) is 0. The number of hydrogen-bond donors (Lipinski definition) is 1. The first-order valence-electron chi connectivity index (χ1n) is 4.71. The maximum Gasteiger partial charge on any atom is 0.153 e. The fraction of sp³-hybridized carbons (Fsp3) is 1.00. The SMILES string of the molecule is CC(C)(CS(=O)O)C1CCCCO1. The van der Waals surface area contributed by atoms with E-state index < -0.39 is 11.1 Å². The van der Waals surface area contributed by atoms with Crippen molar-refractivity contribution in [1.29, 1.82) is 0 Å². The van der Waals surface area contributed by atoms with Crippen molar-refractivity contribution in [3.8, 4) is 0 Å². The van der Waals surface area contributed by atoms with Gasteiger partial charge in [0.05, 0.1) is 11.9 Å². The summed E-state index contributed by atoms with van der Waals surface area (Å²) >= 11 is -1.72. The Morgan fingerprint density at radius 2 is 2.23 bits per heavy atom. The standard InChI is InChI=1S/C9H18O3S/c1-9(2,7-13(10)11)8-5-3-4-6-12-8/h8H,3-7H2,1-2H3,(H,10,11). The molecule has 0 aromatic heterocycles. The molecule has 2 unspecified atom stereocenters. The number of rotatable bonds is 3. The molecule has 1 aliphatic heterocycles. The zero-order chi connectivity index (χ0) is 9.90. The lowest BCUT2D eigenvalue weighted by molar-refractivity contribution is -0.0461. The summed E-state index contributed by atoms with van der Waals surface area (Å²) in [5.74, 6) is 0.303. The summed E-state index contributed by atoms with van der Waals surface area (Å²) in [6.07, 6.45) is 3.46. The highest BCUT2D eigenvalue weighted by Gasteiger charge is 2.33. The van der Waals surface area contributed by atoms with Crippen LogP contribution in [0.4, 0.5) is 0 Å². The molecule has 1 N–H and O–H groups in total. The van der Waals surface area contributed by atoms with E-state index in [9.17, 15) is 4.21 Å². The molecule has 1 saturated heterocycles. The van der Waals surface area contributed by atoms with Crippen molar-refractivity contribution in [2.24, 2.45) is 5.41 Å². The molecule has 0 radical (unpaired) electrons. The van der Waals surface area contributed by atoms with Gasteiger partial charge in [-0.3, -0.25) is 0 Å². The second-order valence-corrected chi connectivity index (χ2v) is 5.24. The molecule has 0 aliphatic carbocycles. The molecule has 3 nitrogen and oxygen atoms in total. The molecular formula is C9H18O3S. The first-order valence-corrected chi connectivity index (χ1v) is 5.99. The Morgan fingerprint density at radius 1 is 1.54 bits per heavy atom. The van der Waals surface area contributed by atoms with Gasteiger partial charge in [0.2, 0.25) is 0 Å². The largest absolute Gasteiger partial charge is 0.378 e. The first kappa shape index (κ1) is 11.1. The Kier molecular flexibility index (Phi) is 3.88. The van der Waals surface area contributed by atoms with Crippen LogP contribution >= 0.6 is 0 Å². The number of hydrogen-bond acceptors (Lipinski definition) is 2. The fourth-order valence-electron chi connectivity index (χ4n) is 1.77. The first-order chi connectivity index (χ1) is 6.02. The highest BCUT2D eigenvalue weighted by molar-refractivity contribution is 7.79. The van der Waals surface area contributed by atoms with Crippen LogP contribution in [0.3, 0.4) is 0 Å². The van der Waals surface area contributed by atoms with Crippen LogP contribution in [0.1, 0.15) is 33.1 Å². The van der Waals surface area contributed by atoms with Crippen LogP contribution in [0.25, 0.3) is 0 Å². The van der Waals surface area contributed by atoms with E-state index in [1.807, 2.05) is 13.8 Å². The predicted octanol–water partition coefficient (Wildman–Crippen LogP) is 1.80. The molecule has 0 bridgehead atoms. The smallest absolute Gasteiger partial charge is 0.153 e. The Balaban J connectivity index is 2.50. The van der Waals surface area contributed by atoms with Gasteiger partial charge < -0.3 is 9.29 Å². The van der Waals surface area contributed by atoms with Crippen molar-refractivity contribution < 1.29 is 13.5 Å². The summed E-state index contributed by atoms with van der Waals surface area (Å²) in [7, 11) is 0. The third-order valence-corrected chi connectivity index (χ3v) is 3.54. The summed E-state index contributed by atoms with van der Waals surface area (Å²) in [4.78, 5) is 0. The van der Waals surface area contributed by atoms with Crippen molar-refractivity contribution in [2.75, 3.05) is 12.4 Å². The molecule has 1 heterocycles. The van der Waals surface area contributed by atoms with Gasteiger partial charge in [0, 0.05) is 12.0 Å². The highest BCUT2D eigenvalue weighted by Crippen LogP contribution is 2.30. The molecule has 2 atom stereocenters. The van der Waals surface area contributed by atoms with E-state index >= 15 is 0 Å². The van der Waals surface area contributed by atoms with Crippen LogP contribution in [0.15, 0.2) is 0 Å². The Morgan fingerprint density at radius 3 is 2.69 bits per heavy atom. The van der Waals surface area contributed by atoms with E-state index in [1.54, 1.807) is 0 Å². The van der Waals surface area contributed by atoms with Crippen LogP contribution in [-0.4, -0.2) is 27.2 Å². The van der Waals surface area contributed by atoms with Crippen molar-refractivity contribution in [2.45, 2.75) is 39.2 Å². The molecule has 13 heavy (non-hydrogen) atoms. The minimum Gasteiger partial charge on any atom is -0.378 e. The fourth-order valence-corrected chi connectivity index (χ4v) is 2.59. The van der Waals surface area contributed by atoms with Gasteiger partial charge in [0.15, 0.2) is 11.1 Å². The summed E-state index contributed by atoms with van der Waals surface area (Å²) in [6.45, 7) is 4.79. The van der Waals surface area contributed by atoms with Crippen LogP contribution in [0.5, 0.6) is 0 Å². The zero-order valence-electron chi connectivity index (χ0n) is 8.28. The molecule has 0 aromatic carbocycles. The Bertz CT molecular complexity index is 185. The summed E-state index contributed by atoms with van der Waals surface area (Å²) in [5.41, 5.74) is -0.181. The Hall–Kier alpha value is 0.0700. The van der Waals surface area contributed by atoms with E-state index in [0.717, 1.165) is 19.4 Å². The van der Waals surface area contributed by atoms with E-state index in [1.165, 1.54) is 6.42 Å². The van der Waals surface area contributed by atoms with Crippen molar-refractivity contribution >= 4 is 11.1 Å². The third-order valence-electron chi connectivity index (χ3n) is 2.55. The van der Waals surface area contributed by atoms with Crippen molar-refractivity contribution in [3.05, 3.63) is 0 Å². The van der Waals surface area contributed by atoms with E-state index in [2.05, 4.69) is 0 Å². The number of ether oxygens (including phenoxy) is 1. The molecule has 1 aliphatic rings. The average molecular weight is 206 g/mol. The topological polar surface area (TPSA) is 46.5 Å². The molecule has 1 fully saturated rings.